The molecule has 3 aliphatic heterocycles. The van der Waals surface area contributed by atoms with Gasteiger partial charge in [0.25, 0.3) is 5.91 Å². The molecule has 0 aromatic heterocycles. The van der Waals surface area contributed by atoms with E-state index in [1.54, 1.807) is 4.90 Å². The average Bonchev–Trinajstić information content (AvgIpc) is 3.15. The van der Waals surface area contributed by atoms with Crippen LogP contribution in [-0.4, -0.2) is 71.5 Å². The number of hydrogen-bond donors (Lipinski definition) is 1. The van der Waals surface area contributed by atoms with Crippen LogP contribution in [0.2, 0.25) is 0 Å². The van der Waals surface area contributed by atoms with Crippen molar-refractivity contribution in [2.24, 2.45) is 0 Å². The van der Waals surface area contributed by atoms with E-state index in [0.717, 1.165) is 56.5 Å². The Bertz CT molecular complexity index is 971. The Morgan fingerprint density at radius 2 is 1.82 bits per heavy atom. The molecular formula is C26H35N3O5. The van der Waals surface area contributed by atoms with Crippen molar-refractivity contribution in [2.75, 3.05) is 20.2 Å². The van der Waals surface area contributed by atoms with Gasteiger partial charge in [0.1, 0.15) is 17.9 Å². The lowest BCUT2D eigenvalue weighted by molar-refractivity contribution is -0.136. The van der Waals surface area contributed by atoms with Gasteiger partial charge < -0.3 is 14.4 Å². The maximum Gasteiger partial charge on any atom is 0.255 e. The highest BCUT2D eigenvalue weighted by Gasteiger charge is 2.40. The highest BCUT2D eigenvalue weighted by atomic mass is 16.5. The van der Waals surface area contributed by atoms with Crippen LogP contribution in [0.3, 0.4) is 0 Å². The fourth-order valence-electron chi connectivity index (χ4n) is 5.96. The highest BCUT2D eigenvalue weighted by molar-refractivity contribution is 6.05. The summed E-state index contributed by atoms with van der Waals surface area (Å²) in [4.78, 5) is 40.9. The molecule has 0 spiro atoms. The normalized spacial score (nSPS) is 29.6. The van der Waals surface area contributed by atoms with Gasteiger partial charge in [-0.05, 0) is 69.2 Å². The molecule has 1 aromatic carbocycles. The standard InChI is InChI=1S/C26H35N3O5/c1-26(33-2)11-13-28(14-12-26)20-5-3-4-6-22(20)34-18-7-8-19-17(15-18)16-29(25(19)32)21-9-10-23(30)27-24(21)31/h7-8,15,20-22H,3-6,9-14,16H2,1-2H3,(H,27,30,31)/t20-,21?,22+/m0/s1. The van der Waals surface area contributed by atoms with Crippen LogP contribution in [0.1, 0.15) is 74.2 Å². The molecule has 3 atom stereocenters. The maximum absolute atomic E-state index is 13.0. The lowest BCUT2D eigenvalue weighted by Gasteiger charge is -2.45. The zero-order chi connectivity index (χ0) is 23.9. The van der Waals surface area contributed by atoms with Crippen molar-refractivity contribution < 1.29 is 23.9 Å². The quantitative estimate of drug-likeness (QED) is 0.667. The molecule has 0 bridgehead atoms. The van der Waals surface area contributed by atoms with Crippen molar-refractivity contribution in [2.45, 2.75) is 88.6 Å². The summed E-state index contributed by atoms with van der Waals surface area (Å²) in [5.74, 6) is -0.0258. The van der Waals surface area contributed by atoms with Crippen molar-refractivity contribution in [3.05, 3.63) is 29.3 Å². The van der Waals surface area contributed by atoms with E-state index in [2.05, 4.69) is 17.1 Å². The van der Waals surface area contributed by atoms with E-state index in [4.69, 9.17) is 9.47 Å². The molecule has 1 aromatic rings. The fourth-order valence-corrected chi connectivity index (χ4v) is 5.96. The minimum Gasteiger partial charge on any atom is -0.489 e. The van der Waals surface area contributed by atoms with Gasteiger partial charge >= 0.3 is 0 Å². The minimum absolute atomic E-state index is 0.0254. The van der Waals surface area contributed by atoms with Crippen LogP contribution in [-0.2, 0) is 20.9 Å². The Morgan fingerprint density at radius 1 is 1.06 bits per heavy atom. The molecule has 3 fully saturated rings. The fraction of sp³-hybridized carbons (Fsp3) is 0.654. The van der Waals surface area contributed by atoms with Crippen molar-refractivity contribution in [1.29, 1.82) is 0 Å². The van der Waals surface area contributed by atoms with Gasteiger partial charge in [-0.3, -0.25) is 24.6 Å². The van der Waals surface area contributed by atoms with Crippen LogP contribution < -0.4 is 10.1 Å². The van der Waals surface area contributed by atoms with Crippen molar-refractivity contribution >= 4 is 17.7 Å². The monoisotopic (exact) mass is 469 g/mol. The molecule has 3 amide bonds. The number of likely N-dealkylation sites (tertiary alicyclic amines) is 1. The van der Waals surface area contributed by atoms with E-state index < -0.39 is 6.04 Å². The van der Waals surface area contributed by atoms with E-state index in [1.165, 1.54) is 6.42 Å². The molecule has 34 heavy (non-hydrogen) atoms. The van der Waals surface area contributed by atoms with Gasteiger partial charge in [0.2, 0.25) is 11.8 Å². The number of amides is 3. The van der Waals surface area contributed by atoms with Crippen molar-refractivity contribution in [3.63, 3.8) is 0 Å². The van der Waals surface area contributed by atoms with Crippen LogP contribution in [0.5, 0.6) is 5.75 Å². The predicted octanol–water partition coefficient (Wildman–Crippen LogP) is 2.64. The van der Waals surface area contributed by atoms with E-state index in [1.807, 2.05) is 25.3 Å². The maximum atomic E-state index is 13.0. The van der Waals surface area contributed by atoms with Crippen molar-refractivity contribution in [3.8, 4) is 5.75 Å². The number of benzene rings is 1. The SMILES string of the molecule is COC1(C)CCN([C@H]2CCCC[C@H]2Oc2ccc3c(c2)CN(C2CCC(=O)NC2=O)C3=O)CC1. The van der Waals surface area contributed by atoms with Crippen LogP contribution >= 0.6 is 0 Å². The van der Waals surface area contributed by atoms with Crippen molar-refractivity contribution in [1.82, 2.24) is 15.1 Å². The molecule has 5 rings (SSSR count). The second kappa shape index (κ2) is 9.30. The highest BCUT2D eigenvalue weighted by Crippen LogP contribution is 2.34. The summed E-state index contributed by atoms with van der Waals surface area (Å²) in [5.41, 5.74) is 1.48. The van der Waals surface area contributed by atoms with Crippen LogP contribution in [0, 0.1) is 0 Å². The number of imide groups is 1. The number of ether oxygens (including phenoxy) is 2. The second-order valence-corrected chi connectivity index (χ2v) is 10.4. The summed E-state index contributed by atoms with van der Waals surface area (Å²) < 4.78 is 12.3. The molecule has 4 aliphatic rings. The number of piperidine rings is 2. The number of nitrogens with one attached hydrogen (secondary N) is 1. The van der Waals surface area contributed by atoms with E-state index in [-0.39, 0.29) is 35.8 Å². The Balaban J connectivity index is 1.27. The molecule has 1 N–H and O–H groups in total. The van der Waals surface area contributed by atoms with E-state index in [9.17, 15) is 14.4 Å². The lowest BCUT2D eigenvalue weighted by Crippen LogP contribution is -2.53. The third kappa shape index (κ3) is 4.45. The molecule has 184 valence electrons. The van der Waals surface area contributed by atoms with Gasteiger partial charge in [-0.15, -0.1) is 0 Å². The minimum atomic E-state index is -0.596. The first-order chi connectivity index (χ1) is 16.4. The summed E-state index contributed by atoms with van der Waals surface area (Å²) in [6.45, 7) is 4.61. The Kier molecular flexibility index (Phi) is 6.37. The summed E-state index contributed by atoms with van der Waals surface area (Å²) in [6.07, 6.45) is 7.38. The number of carbonyl (C=O) groups is 3. The first-order valence-electron chi connectivity index (χ1n) is 12.6. The van der Waals surface area contributed by atoms with Crippen LogP contribution in [0.25, 0.3) is 0 Å². The average molecular weight is 470 g/mol. The van der Waals surface area contributed by atoms with Gasteiger partial charge in [-0.25, -0.2) is 0 Å². The third-order valence-electron chi connectivity index (χ3n) is 8.27. The summed E-state index contributed by atoms with van der Waals surface area (Å²) >= 11 is 0. The van der Waals surface area contributed by atoms with Gasteiger partial charge in [0.15, 0.2) is 0 Å². The Morgan fingerprint density at radius 3 is 2.56 bits per heavy atom. The zero-order valence-corrected chi connectivity index (χ0v) is 20.2. The molecule has 1 aliphatic carbocycles. The molecule has 8 nitrogen and oxygen atoms in total. The van der Waals surface area contributed by atoms with E-state index in [0.29, 0.717) is 24.6 Å². The Hall–Kier alpha value is -2.45. The molecule has 3 heterocycles. The number of carbonyl (C=O) groups excluding carboxylic acids is 3. The summed E-state index contributed by atoms with van der Waals surface area (Å²) in [7, 11) is 1.81. The number of fused-ring (bicyclic) bond motifs is 1. The molecule has 1 saturated carbocycles. The summed E-state index contributed by atoms with van der Waals surface area (Å²) in [6, 6.07) is 5.46. The smallest absolute Gasteiger partial charge is 0.255 e. The van der Waals surface area contributed by atoms with E-state index >= 15 is 0 Å². The first kappa shape index (κ1) is 23.3. The molecule has 1 unspecified atom stereocenters. The van der Waals surface area contributed by atoms with Crippen LogP contribution in [0.4, 0.5) is 0 Å². The number of methoxy groups -OCH3 is 1. The first-order valence-corrected chi connectivity index (χ1v) is 12.6. The number of rotatable bonds is 5. The third-order valence-corrected chi connectivity index (χ3v) is 8.27. The van der Waals surface area contributed by atoms with Crippen LogP contribution in [0.15, 0.2) is 18.2 Å². The van der Waals surface area contributed by atoms with Gasteiger partial charge in [0.05, 0.1) is 5.60 Å². The lowest BCUT2D eigenvalue weighted by atomic mass is 9.87. The Labute approximate surface area is 200 Å². The molecular weight excluding hydrogens is 434 g/mol. The van der Waals surface area contributed by atoms with Gasteiger partial charge in [-0.2, -0.15) is 0 Å². The van der Waals surface area contributed by atoms with Gasteiger partial charge in [-0.1, -0.05) is 6.42 Å². The summed E-state index contributed by atoms with van der Waals surface area (Å²) in [5, 5.41) is 2.35. The second-order valence-electron chi connectivity index (χ2n) is 10.4. The molecule has 0 radical (unpaired) electrons. The largest absolute Gasteiger partial charge is 0.489 e. The predicted molar refractivity (Wildman–Crippen MR) is 125 cm³/mol. The topological polar surface area (TPSA) is 88.2 Å². The zero-order valence-electron chi connectivity index (χ0n) is 20.2. The van der Waals surface area contributed by atoms with Gasteiger partial charge in [0, 0.05) is 44.8 Å². The number of nitrogens with zero attached hydrogens (tertiary/aromatic N) is 2. The molecule has 2 saturated heterocycles. The number of hydrogen-bond acceptors (Lipinski definition) is 6. The molecule has 8 heteroatoms.